The van der Waals surface area contributed by atoms with E-state index in [1.165, 1.54) is 12.8 Å². The van der Waals surface area contributed by atoms with Gasteiger partial charge in [-0.1, -0.05) is 39.5 Å². The third-order valence-corrected chi connectivity index (χ3v) is 5.81. The topological polar surface area (TPSA) is 35.5 Å². The third-order valence-electron chi connectivity index (χ3n) is 3.31. The molecule has 0 spiro atoms. The summed E-state index contributed by atoms with van der Waals surface area (Å²) < 4.78 is 24.0. The molecule has 17 heavy (non-hydrogen) atoms. The maximum atomic E-state index is 12.7. The number of rotatable bonds is 9. The van der Waals surface area contributed by atoms with Gasteiger partial charge in [-0.2, -0.15) is 0 Å². The molecule has 0 radical (unpaired) electrons. The SMILES string of the molecule is CCCCOP(=O)(OCCCC)C1CCCC1. The molecule has 0 N–H and O–H groups in total. The van der Waals surface area contributed by atoms with E-state index in [1.54, 1.807) is 0 Å². The van der Waals surface area contributed by atoms with E-state index in [0.29, 0.717) is 13.2 Å². The van der Waals surface area contributed by atoms with Crippen LogP contribution in [0.15, 0.2) is 0 Å². The zero-order valence-electron chi connectivity index (χ0n) is 11.3. The lowest BCUT2D eigenvalue weighted by Crippen LogP contribution is -2.10. The highest BCUT2D eigenvalue weighted by atomic mass is 31.2. The largest absolute Gasteiger partial charge is 0.333 e. The molecule has 1 aliphatic carbocycles. The van der Waals surface area contributed by atoms with Crippen molar-refractivity contribution < 1.29 is 13.6 Å². The van der Waals surface area contributed by atoms with Crippen LogP contribution in [0.3, 0.4) is 0 Å². The number of hydrogen-bond donors (Lipinski definition) is 0. The summed E-state index contributed by atoms with van der Waals surface area (Å²) in [5.41, 5.74) is 0.163. The van der Waals surface area contributed by atoms with Crippen LogP contribution in [-0.2, 0) is 13.6 Å². The fourth-order valence-corrected chi connectivity index (χ4v) is 4.40. The second kappa shape index (κ2) is 8.29. The molecule has 1 saturated carbocycles. The summed E-state index contributed by atoms with van der Waals surface area (Å²) >= 11 is 0. The van der Waals surface area contributed by atoms with Crippen molar-refractivity contribution in [3.05, 3.63) is 0 Å². The van der Waals surface area contributed by atoms with Crippen LogP contribution in [0.5, 0.6) is 0 Å². The number of unbranched alkanes of at least 4 members (excludes halogenated alkanes) is 2. The maximum Gasteiger partial charge on any atom is 0.333 e. The van der Waals surface area contributed by atoms with Crippen LogP contribution in [0.2, 0.25) is 0 Å². The molecule has 0 heterocycles. The van der Waals surface area contributed by atoms with Crippen molar-refractivity contribution in [2.45, 2.75) is 70.9 Å². The van der Waals surface area contributed by atoms with Gasteiger partial charge in [0.2, 0.25) is 0 Å². The average Bonchev–Trinajstić information content (AvgIpc) is 2.84. The normalized spacial score (nSPS) is 17.8. The third kappa shape index (κ3) is 5.11. The minimum Gasteiger partial charge on any atom is -0.308 e. The molecule has 0 atom stereocenters. The van der Waals surface area contributed by atoms with Crippen molar-refractivity contribution in [2.75, 3.05) is 13.2 Å². The van der Waals surface area contributed by atoms with E-state index in [0.717, 1.165) is 38.5 Å². The lowest BCUT2D eigenvalue weighted by Gasteiger charge is -2.23. The first kappa shape index (κ1) is 15.2. The Labute approximate surface area is 106 Å². The van der Waals surface area contributed by atoms with E-state index in [9.17, 15) is 4.57 Å². The van der Waals surface area contributed by atoms with E-state index in [2.05, 4.69) is 13.8 Å². The monoisotopic (exact) mass is 262 g/mol. The molecule has 0 aromatic rings. The first-order valence-corrected chi connectivity index (χ1v) is 8.73. The van der Waals surface area contributed by atoms with E-state index in [-0.39, 0.29) is 5.66 Å². The summed E-state index contributed by atoms with van der Waals surface area (Å²) in [4.78, 5) is 0. The highest BCUT2D eigenvalue weighted by molar-refractivity contribution is 7.54. The molecule has 102 valence electrons. The molecule has 3 nitrogen and oxygen atoms in total. The fraction of sp³-hybridized carbons (Fsp3) is 1.00. The van der Waals surface area contributed by atoms with Gasteiger partial charge in [0.15, 0.2) is 0 Å². The Hall–Kier alpha value is 0.150. The summed E-state index contributed by atoms with van der Waals surface area (Å²) in [5, 5.41) is 0. The van der Waals surface area contributed by atoms with Gasteiger partial charge in [-0.05, 0) is 25.7 Å². The molecule has 1 rings (SSSR count). The highest BCUT2D eigenvalue weighted by Crippen LogP contribution is 2.58. The van der Waals surface area contributed by atoms with Gasteiger partial charge in [0, 0.05) is 0 Å². The molecule has 4 heteroatoms. The lowest BCUT2D eigenvalue weighted by atomic mass is 10.4. The summed E-state index contributed by atoms with van der Waals surface area (Å²) in [7, 11) is -2.83. The van der Waals surface area contributed by atoms with Gasteiger partial charge in [0.25, 0.3) is 0 Å². The Morgan fingerprint density at radius 3 is 1.88 bits per heavy atom. The zero-order valence-corrected chi connectivity index (χ0v) is 12.2. The van der Waals surface area contributed by atoms with Crippen molar-refractivity contribution in [3.63, 3.8) is 0 Å². The molecule has 1 fully saturated rings. The van der Waals surface area contributed by atoms with E-state index >= 15 is 0 Å². The molecule has 1 aliphatic rings. The smallest absolute Gasteiger partial charge is 0.308 e. The Bertz CT molecular complexity index is 223. The summed E-state index contributed by atoms with van der Waals surface area (Å²) in [6.07, 6.45) is 8.43. The second-order valence-electron chi connectivity index (χ2n) is 4.85. The van der Waals surface area contributed by atoms with Crippen LogP contribution in [0.4, 0.5) is 0 Å². The van der Waals surface area contributed by atoms with E-state index < -0.39 is 7.60 Å². The van der Waals surface area contributed by atoms with Gasteiger partial charge in [-0.3, -0.25) is 4.57 Å². The molecular weight excluding hydrogens is 235 g/mol. The van der Waals surface area contributed by atoms with Crippen LogP contribution < -0.4 is 0 Å². The van der Waals surface area contributed by atoms with Crippen LogP contribution in [-0.4, -0.2) is 18.9 Å². The molecule has 0 bridgehead atoms. The van der Waals surface area contributed by atoms with Crippen molar-refractivity contribution in [2.24, 2.45) is 0 Å². The highest BCUT2D eigenvalue weighted by Gasteiger charge is 2.37. The lowest BCUT2D eigenvalue weighted by molar-refractivity contribution is 0.192. The van der Waals surface area contributed by atoms with Gasteiger partial charge in [0.1, 0.15) is 0 Å². The molecule has 0 saturated heterocycles. The zero-order chi connectivity index (χ0) is 12.6. The van der Waals surface area contributed by atoms with Crippen molar-refractivity contribution in [1.82, 2.24) is 0 Å². The van der Waals surface area contributed by atoms with Crippen LogP contribution >= 0.6 is 7.60 Å². The van der Waals surface area contributed by atoms with Crippen LogP contribution in [0.1, 0.15) is 65.2 Å². The molecule has 0 aromatic carbocycles. The van der Waals surface area contributed by atoms with Gasteiger partial charge in [-0.25, -0.2) is 0 Å². The van der Waals surface area contributed by atoms with E-state index in [1.807, 2.05) is 0 Å². The van der Waals surface area contributed by atoms with Crippen molar-refractivity contribution >= 4 is 7.60 Å². The standard InChI is InChI=1S/C13H27O3P/c1-3-5-11-15-17(14,16-12-6-4-2)13-9-7-8-10-13/h13H,3-12H2,1-2H3. The first-order valence-electron chi connectivity index (χ1n) is 7.11. The number of hydrogen-bond acceptors (Lipinski definition) is 3. The summed E-state index contributed by atoms with van der Waals surface area (Å²) in [6, 6.07) is 0. The minimum atomic E-state index is -2.83. The Morgan fingerprint density at radius 2 is 1.47 bits per heavy atom. The van der Waals surface area contributed by atoms with Crippen molar-refractivity contribution in [1.29, 1.82) is 0 Å². The Kier molecular flexibility index (Phi) is 7.41. The van der Waals surface area contributed by atoms with Crippen molar-refractivity contribution in [3.8, 4) is 0 Å². The molecule has 0 aliphatic heterocycles. The summed E-state index contributed by atoms with van der Waals surface area (Å²) in [6.45, 7) is 5.39. The molecular formula is C13H27O3P. The van der Waals surface area contributed by atoms with Gasteiger partial charge in [0.05, 0.1) is 18.9 Å². The van der Waals surface area contributed by atoms with Crippen LogP contribution in [0, 0.1) is 0 Å². The average molecular weight is 262 g/mol. The molecule has 0 amide bonds. The van der Waals surface area contributed by atoms with Gasteiger partial charge >= 0.3 is 7.60 Å². The van der Waals surface area contributed by atoms with Gasteiger partial charge in [-0.15, -0.1) is 0 Å². The predicted molar refractivity (Wildman–Crippen MR) is 71.6 cm³/mol. The van der Waals surface area contributed by atoms with Crippen LogP contribution in [0.25, 0.3) is 0 Å². The van der Waals surface area contributed by atoms with Gasteiger partial charge < -0.3 is 9.05 Å². The first-order chi connectivity index (χ1) is 8.23. The van der Waals surface area contributed by atoms with E-state index in [4.69, 9.17) is 9.05 Å². The maximum absolute atomic E-state index is 12.7. The molecule has 0 aromatic heterocycles. The second-order valence-corrected chi connectivity index (χ2v) is 7.18. The minimum absolute atomic E-state index is 0.163. The molecule has 0 unspecified atom stereocenters. The quantitative estimate of drug-likeness (QED) is 0.444. The fourth-order valence-electron chi connectivity index (χ4n) is 2.14. The summed E-state index contributed by atoms with van der Waals surface area (Å²) in [5.74, 6) is 0. The predicted octanol–water partition coefficient (Wildman–Crippen LogP) is 4.76. The Balaban J connectivity index is 2.46. The Morgan fingerprint density at radius 1 is 1.00 bits per heavy atom.